The fourth-order valence-corrected chi connectivity index (χ4v) is 5.22. The quantitative estimate of drug-likeness (QED) is 0.232. The first-order valence-electron chi connectivity index (χ1n) is 15.8. The highest BCUT2D eigenvalue weighted by molar-refractivity contribution is 5.99. The van der Waals surface area contributed by atoms with E-state index >= 15 is 0 Å². The number of aromatic nitrogens is 1. The van der Waals surface area contributed by atoms with Crippen LogP contribution in [0.4, 0.5) is 0 Å². The first-order chi connectivity index (χ1) is 23.0. The molecule has 1 aromatic heterocycles. The van der Waals surface area contributed by atoms with Crippen molar-refractivity contribution in [1.82, 2.24) is 10.3 Å². The number of nitrogens with one attached hydrogen (secondary N) is 1. The van der Waals surface area contributed by atoms with Gasteiger partial charge in [-0.2, -0.15) is 0 Å². The van der Waals surface area contributed by atoms with Crippen molar-refractivity contribution in [3.05, 3.63) is 89.7 Å². The van der Waals surface area contributed by atoms with Crippen LogP contribution in [0.25, 0.3) is 0 Å². The van der Waals surface area contributed by atoms with Crippen LogP contribution in [-0.2, 0) is 39.8 Å². The van der Waals surface area contributed by atoms with Crippen LogP contribution < -0.4 is 14.8 Å². The Morgan fingerprint density at radius 1 is 0.958 bits per heavy atom. The zero-order valence-electron chi connectivity index (χ0n) is 27.5. The zero-order valence-corrected chi connectivity index (χ0v) is 27.5. The molecule has 4 rings (SSSR count). The Morgan fingerprint density at radius 3 is 2.25 bits per heavy atom. The normalized spacial score (nSPS) is 20.2. The fourth-order valence-electron chi connectivity index (χ4n) is 5.22. The molecule has 12 nitrogen and oxygen atoms in total. The molecule has 0 radical (unpaired) electrons. The summed E-state index contributed by atoms with van der Waals surface area (Å²) in [7, 11) is 1.34. The Kier molecular flexibility index (Phi) is 12.3. The molecular formula is C36H40N2O10. The van der Waals surface area contributed by atoms with Crippen LogP contribution in [0.1, 0.15) is 61.6 Å². The molecule has 48 heavy (non-hydrogen) atoms. The molecule has 1 saturated heterocycles. The van der Waals surface area contributed by atoms with Gasteiger partial charge in [-0.25, -0.2) is 9.78 Å². The molecule has 1 aliphatic heterocycles. The standard InChI is InChI=1S/C36H40N2O10/c1-6-25(24-15-11-8-12-16-24)35(42)48-31-28(44-5)17-18-37-29(31)32(39)38-27-20-45-34(41)26(19-23-13-9-7-10-14-23)30(22(4)46-36(27)43)47-33(40)21(2)3/h7-18,21-22,25-27,30H,6,19-20H2,1-5H3,(H,38,39)/t22-,25?,26+,27?,30?/m0/s1. The minimum absolute atomic E-state index is 0.0575. The van der Waals surface area contributed by atoms with E-state index in [4.69, 9.17) is 23.7 Å². The molecule has 0 saturated carbocycles. The number of nitrogens with zero attached hydrogens (tertiary/aromatic N) is 1. The Hall–Kier alpha value is -5.26. The predicted molar refractivity (Wildman–Crippen MR) is 172 cm³/mol. The molecule has 12 heteroatoms. The first-order valence-corrected chi connectivity index (χ1v) is 15.8. The molecule has 0 aliphatic carbocycles. The van der Waals surface area contributed by atoms with Gasteiger partial charge in [-0.15, -0.1) is 0 Å². The highest BCUT2D eigenvalue weighted by Gasteiger charge is 2.42. The van der Waals surface area contributed by atoms with E-state index in [1.165, 1.54) is 26.3 Å². The van der Waals surface area contributed by atoms with Crippen LogP contribution in [0.15, 0.2) is 72.9 Å². The maximum Gasteiger partial charge on any atom is 0.332 e. The monoisotopic (exact) mass is 660 g/mol. The van der Waals surface area contributed by atoms with Gasteiger partial charge in [-0.3, -0.25) is 19.2 Å². The molecule has 1 amide bonds. The second-order valence-electron chi connectivity index (χ2n) is 11.6. The maximum atomic E-state index is 13.6. The minimum atomic E-state index is -1.48. The molecule has 2 aromatic carbocycles. The minimum Gasteiger partial charge on any atom is -0.493 e. The third-order valence-corrected chi connectivity index (χ3v) is 7.87. The average Bonchev–Trinajstić information content (AvgIpc) is 3.11. The average molecular weight is 661 g/mol. The third-order valence-electron chi connectivity index (χ3n) is 7.87. The highest BCUT2D eigenvalue weighted by atomic mass is 16.6. The van der Waals surface area contributed by atoms with Gasteiger partial charge in [0.2, 0.25) is 5.75 Å². The summed E-state index contributed by atoms with van der Waals surface area (Å²) in [5.41, 5.74) is 1.16. The number of carbonyl (C=O) groups excluding carboxylic acids is 5. The number of rotatable bonds is 11. The lowest BCUT2D eigenvalue weighted by atomic mass is 9.91. The number of benzene rings is 2. The number of pyridine rings is 1. The van der Waals surface area contributed by atoms with Gasteiger partial charge in [0, 0.05) is 12.3 Å². The number of hydrogen-bond donors (Lipinski definition) is 1. The van der Waals surface area contributed by atoms with E-state index in [-0.39, 0.29) is 23.6 Å². The number of cyclic esters (lactones) is 2. The second kappa shape index (κ2) is 16.5. The maximum absolute atomic E-state index is 13.6. The van der Waals surface area contributed by atoms with Crippen molar-refractivity contribution in [2.75, 3.05) is 13.7 Å². The van der Waals surface area contributed by atoms with Gasteiger partial charge >= 0.3 is 23.9 Å². The summed E-state index contributed by atoms with van der Waals surface area (Å²) in [5, 5.41) is 2.49. The van der Waals surface area contributed by atoms with Gasteiger partial charge in [-0.1, -0.05) is 81.4 Å². The Bertz CT molecular complexity index is 1590. The van der Waals surface area contributed by atoms with Crippen molar-refractivity contribution in [2.45, 2.75) is 64.7 Å². The molecule has 0 bridgehead atoms. The van der Waals surface area contributed by atoms with E-state index in [9.17, 15) is 24.0 Å². The van der Waals surface area contributed by atoms with Crippen LogP contribution >= 0.6 is 0 Å². The summed E-state index contributed by atoms with van der Waals surface area (Å²) < 4.78 is 28.0. The van der Waals surface area contributed by atoms with Crippen LogP contribution in [0.5, 0.6) is 11.5 Å². The Labute approximate surface area is 279 Å². The molecule has 3 aromatic rings. The first kappa shape index (κ1) is 35.6. The van der Waals surface area contributed by atoms with E-state index in [1.54, 1.807) is 38.1 Å². The van der Waals surface area contributed by atoms with E-state index in [2.05, 4.69) is 10.3 Å². The topological polar surface area (TPSA) is 156 Å². The van der Waals surface area contributed by atoms with Crippen LogP contribution in [-0.4, -0.2) is 66.7 Å². The number of methoxy groups -OCH3 is 1. The molecule has 1 aliphatic rings. The highest BCUT2D eigenvalue weighted by Crippen LogP contribution is 2.32. The molecule has 0 spiro atoms. The summed E-state index contributed by atoms with van der Waals surface area (Å²) in [6.45, 7) is 6.04. The Balaban J connectivity index is 1.59. The van der Waals surface area contributed by atoms with E-state index < -0.39 is 72.4 Å². The molecule has 254 valence electrons. The molecule has 5 atom stereocenters. The number of esters is 4. The van der Waals surface area contributed by atoms with Crippen molar-refractivity contribution in [3.8, 4) is 11.5 Å². The van der Waals surface area contributed by atoms with E-state index in [0.29, 0.717) is 6.42 Å². The lowest BCUT2D eigenvalue weighted by Crippen LogP contribution is -2.47. The van der Waals surface area contributed by atoms with Gasteiger partial charge < -0.3 is 29.0 Å². The van der Waals surface area contributed by atoms with Crippen LogP contribution in [0.3, 0.4) is 0 Å². The lowest BCUT2D eigenvalue weighted by molar-refractivity contribution is -0.176. The van der Waals surface area contributed by atoms with Gasteiger partial charge in [0.05, 0.1) is 18.9 Å². The van der Waals surface area contributed by atoms with Crippen LogP contribution in [0.2, 0.25) is 0 Å². The second-order valence-corrected chi connectivity index (χ2v) is 11.6. The molecule has 3 unspecified atom stereocenters. The summed E-state index contributed by atoms with van der Waals surface area (Å²) in [4.78, 5) is 70.7. The lowest BCUT2D eigenvalue weighted by Gasteiger charge is -2.29. The summed E-state index contributed by atoms with van der Waals surface area (Å²) in [6, 6.07) is 18.1. The molecule has 1 fully saturated rings. The number of amides is 1. The van der Waals surface area contributed by atoms with Crippen molar-refractivity contribution < 1.29 is 47.7 Å². The Morgan fingerprint density at radius 2 is 1.62 bits per heavy atom. The number of carbonyl (C=O) groups is 5. The van der Waals surface area contributed by atoms with Crippen molar-refractivity contribution in [3.63, 3.8) is 0 Å². The van der Waals surface area contributed by atoms with Gasteiger partial charge in [-0.05, 0) is 30.9 Å². The van der Waals surface area contributed by atoms with Crippen molar-refractivity contribution in [1.29, 1.82) is 0 Å². The molecular weight excluding hydrogens is 620 g/mol. The van der Waals surface area contributed by atoms with Crippen molar-refractivity contribution in [2.24, 2.45) is 11.8 Å². The zero-order chi connectivity index (χ0) is 34.8. The number of ether oxygens (including phenoxy) is 5. The van der Waals surface area contributed by atoms with E-state index in [1.807, 2.05) is 43.3 Å². The molecule has 1 N–H and O–H groups in total. The SMILES string of the molecule is CCC(C(=O)Oc1c(OC)ccnc1C(=O)NC1COC(=O)[C@H](Cc2ccccc2)C(OC(=O)C(C)C)[C@H](C)OC1=O)c1ccccc1. The van der Waals surface area contributed by atoms with Crippen molar-refractivity contribution >= 4 is 29.8 Å². The molecule has 2 heterocycles. The smallest absolute Gasteiger partial charge is 0.332 e. The fraction of sp³-hybridized carbons (Fsp3) is 0.389. The summed E-state index contributed by atoms with van der Waals surface area (Å²) in [5.74, 6) is -6.19. The van der Waals surface area contributed by atoms with Gasteiger partial charge in [0.25, 0.3) is 5.91 Å². The van der Waals surface area contributed by atoms with Gasteiger partial charge in [0.15, 0.2) is 23.6 Å². The van der Waals surface area contributed by atoms with E-state index in [0.717, 1.165) is 11.1 Å². The largest absolute Gasteiger partial charge is 0.493 e. The predicted octanol–water partition coefficient (Wildman–Crippen LogP) is 4.20. The summed E-state index contributed by atoms with van der Waals surface area (Å²) in [6.07, 6.45) is -0.421. The number of hydrogen-bond acceptors (Lipinski definition) is 11. The third kappa shape index (κ3) is 8.75. The van der Waals surface area contributed by atoms with Crippen LogP contribution in [0, 0.1) is 11.8 Å². The summed E-state index contributed by atoms with van der Waals surface area (Å²) >= 11 is 0. The van der Waals surface area contributed by atoms with Gasteiger partial charge in [0.1, 0.15) is 18.6 Å².